The molecule has 1 saturated heterocycles. The van der Waals surface area contributed by atoms with Gasteiger partial charge in [0, 0.05) is 25.7 Å². The van der Waals surface area contributed by atoms with E-state index in [-0.39, 0.29) is 29.4 Å². The van der Waals surface area contributed by atoms with Crippen molar-refractivity contribution in [2.75, 3.05) is 19.6 Å². The van der Waals surface area contributed by atoms with Crippen molar-refractivity contribution in [3.8, 4) is 0 Å². The summed E-state index contributed by atoms with van der Waals surface area (Å²) in [6.45, 7) is 2.42. The second-order valence-electron chi connectivity index (χ2n) is 8.21. The van der Waals surface area contributed by atoms with Crippen LogP contribution in [0.1, 0.15) is 29.0 Å². The first-order valence-corrected chi connectivity index (χ1v) is 10.8. The first kappa shape index (κ1) is 22.1. The normalized spacial score (nSPS) is 16.4. The quantitative estimate of drug-likeness (QED) is 0.582. The van der Waals surface area contributed by atoms with Crippen LogP contribution in [-0.2, 0) is 11.2 Å². The maximum absolute atomic E-state index is 13.4. The number of halogens is 3. The molecule has 3 aromatic rings. The van der Waals surface area contributed by atoms with Crippen LogP contribution in [0.3, 0.4) is 0 Å². The maximum Gasteiger partial charge on any atom is 0.232 e. The molecule has 0 aromatic heterocycles. The van der Waals surface area contributed by atoms with Crippen molar-refractivity contribution in [3.63, 3.8) is 0 Å². The Bertz CT molecular complexity index is 991. The van der Waals surface area contributed by atoms with Gasteiger partial charge in [-0.3, -0.25) is 4.79 Å². The zero-order valence-corrected chi connectivity index (χ0v) is 17.6. The van der Waals surface area contributed by atoms with Gasteiger partial charge in [-0.15, -0.1) is 0 Å². The molecule has 0 aliphatic carbocycles. The standard InChI is InChI=1S/C26H25F3N2O/c27-21-7-1-18(2-8-21)13-15-31-16-14-24(17-31)30-26(32)25(19-3-9-22(28)10-4-19)20-5-11-23(29)12-6-20/h1-12,24-25H,13-17H2,(H,30,32). The van der Waals surface area contributed by atoms with Gasteiger partial charge in [0.15, 0.2) is 0 Å². The van der Waals surface area contributed by atoms with Crippen LogP contribution in [0.5, 0.6) is 0 Å². The summed E-state index contributed by atoms with van der Waals surface area (Å²) in [5, 5.41) is 3.12. The Kier molecular flexibility index (Phi) is 6.90. The minimum atomic E-state index is -0.649. The number of hydrogen-bond acceptors (Lipinski definition) is 2. The molecule has 0 bridgehead atoms. The Hall–Kier alpha value is -3.12. The van der Waals surface area contributed by atoms with E-state index in [1.54, 1.807) is 36.4 Å². The van der Waals surface area contributed by atoms with Crippen LogP contribution in [0.2, 0.25) is 0 Å². The summed E-state index contributed by atoms with van der Waals surface area (Å²) in [4.78, 5) is 15.5. The molecule has 4 rings (SSSR count). The lowest BCUT2D eigenvalue weighted by molar-refractivity contribution is -0.122. The molecule has 1 amide bonds. The summed E-state index contributed by atoms with van der Waals surface area (Å²) in [5.41, 5.74) is 2.38. The SMILES string of the molecule is O=C(NC1CCN(CCc2ccc(F)cc2)C1)C(c1ccc(F)cc1)c1ccc(F)cc1. The number of benzene rings is 3. The molecule has 0 saturated carbocycles. The van der Waals surface area contributed by atoms with E-state index in [0.717, 1.165) is 38.0 Å². The molecule has 0 radical (unpaired) electrons. The van der Waals surface area contributed by atoms with E-state index in [4.69, 9.17) is 0 Å². The third-order valence-electron chi connectivity index (χ3n) is 5.92. The molecule has 1 aliphatic rings. The smallest absolute Gasteiger partial charge is 0.232 e. The highest BCUT2D eigenvalue weighted by Crippen LogP contribution is 2.26. The van der Waals surface area contributed by atoms with Gasteiger partial charge in [0.05, 0.1) is 5.92 Å². The fraction of sp³-hybridized carbons (Fsp3) is 0.269. The van der Waals surface area contributed by atoms with Crippen LogP contribution in [0.25, 0.3) is 0 Å². The highest BCUT2D eigenvalue weighted by Gasteiger charge is 2.28. The van der Waals surface area contributed by atoms with Crippen molar-refractivity contribution in [2.45, 2.75) is 24.8 Å². The minimum Gasteiger partial charge on any atom is -0.351 e. The predicted octanol–water partition coefficient (Wildman–Crippen LogP) is 4.67. The summed E-state index contributed by atoms with van der Waals surface area (Å²) in [5.74, 6) is -1.83. The van der Waals surface area contributed by atoms with Crippen molar-refractivity contribution >= 4 is 5.91 Å². The average molecular weight is 438 g/mol. The monoisotopic (exact) mass is 438 g/mol. The van der Waals surface area contributed by atoms with Crippen LogP contribution in [-0.4, -0.2) is 36.5 Å². The van der Waals surface area contributed by atoms with Crippen molar-refractivity contribution in [1.82, 2.24) is 10.2 Å². The van der Waals surface area contributed by atoms with Crippen LogP contribution >= 0.6 is 0 Å². The molecule has 0 spiro atoms. The zero-order chi connectivity index (χ0) is 22.5. The number of carbonyl (C=O) groups is 1. The highest BCUT2D eigenvalue weighted by atomic mass is 19.1. The third-order valence-corrected chi connectivity index (χ3v) is 5.92. The Morgan fingerprint density at radius 1 is 0.844 bits per heavy atom. The molecular formula is C26H25F3N2O. The maximum atomic E-state index is 13.4. The minimum absolute atomic E-state index is 0.000820. The number of carbonyl (C=O) groups excluding carboxylic acids is 1. The van der Waals surface area contributed by atoms with Crippen LogP contribution in [0, 0.1) is 17.5 Å². The first-order chi connectivity index (χ1) is 15.5. The zero-order valence-electron chi connectivity index (χ0n) is 17.6. The van der Waals surface area contributed by atoms with Gasteiger partial charge in [-0.2, -0.15) is 0 Å². The fourth-order valence-corrected chi connectivity index (χ4v) is 4.18. The van der Waals surface area contributed by atoms with Crippen LogP contribution in [0.4, 0.5) is 13.2 Å². The van der Waals surface area contributed by atoms with Gasteiger partial charge in [0.25, 0.3) is 0 Å². The number of rotatable bonds is 7. The third kappa shape index (κ3) is 5.56. The lowest BCUT2D eigenvalue weighted by Gasteiger charge is -2.21. The van der Waals surface area contributed by atoms with Gasteiger partial charge in [0.1, 0.15) is 17.5 Å². The Balaban J connectivity index is 1.40. The summed E-state index contributed by atoms with van der Waals surface area (Å²) in [6.07, 6.45) is 1.64. The number of nitrogens with zero attached hydrogens (tertiary/aromatic N) is 1. The lowest BCUT2D eigenvalue weighted by Crippen LogP contribution is -2.40. The summed E-state index contributed by atoms with van der Waals surface area (Å²) >= 11 is 0. The molecular weight excluding hydrogens is 413 g/mol. The average Bonchev–Trinajstić information content (AvgIpc) is 3.23. The van der Waals surface area contributed by atoms with Gasteiger partial charge in [0.2, 0.25) is 5.91 Å². The molecule has 1 unspecified atom stereocenters. The topological polar surface area (TPSA) is 32.3 Å². The molecule has 1 N–H and O–H groups in total. The highest BCUT2D eigenvalue weighted by molar-refractivity contribution is 5.87. The van der Waals surface area contributed by atoms with E-state index >= 15 is 0 Å². The van der Waals surface area contributed by atoms with Crippen molar-refractivity contribution in [2.24, 2.45) is 0 Å². The van der Waals surface area contributed by atoms with E-state index in [2.05, 4.69) is 10.2 Å². The van der Waals surface area contributed by atoms with E-state index in [9.17, 15) is 18.0 Å². The molecule has 6 heteroatoms. The van der Waals surface area contributed by atoms with Crippen molar-refractivity contribution in [3.05, 3.63) is 107 Å². The molecule has 1 fully saturated rings. The van der Waals surface area contributed by atoms with Crippen molar-refractivity contribution < 1.29 is 18.0 Å². The van der Waals surface area contributed by atoms with Gasteiger partial charge in [-0.25, -0.2) is 13.2 Å². The van der Waals surface area contributed by atoms with Gasteiger partial charge in [-0.05, 0) is 65.9 Å². The van der Waals surface area contributed by atoms with E-state index in [1.165, 1.54) is 36.4 Å². The molecule has 1 aliphatic heterocycles. The fourth-order valence-electron chi connectivity index (χ4n) is 4.18. The molecule has 3 nitrogen and oxygen atoms in total. The number of amides is 1. The Morgan fingerprint density at radius 2 is 1.34 bits per heavy atom. The summed E-state index contributed by atoms with van der Waals surface area (Å²) < 4.78 is 39.9. The molecule has 3 aromatic carbocycles. The van der Waals surface area contributed by atoms with Crippen LogP contribution < -0.4 is 5.32 Å². The van der Waals surface area contributed by atoms with E-state index in [1.807, 2.05) is 0 Å². The van der Waals surface area contributed by atoms with Gasteiger partial charge < -0.3 is 10.2 Å². The first-order valence-electron chi connectivity index (χ1n) is 10.8. The largest absolute Gasteiger partial charge is 0.351 e. The van der Waals surface area contributed by atoms with Crippen LogP contribution in [0.15, 0.2) is 72.8 Å². The number of hydrogen-bond donors (Lipinski definition) is 1. The van der Waals surface area contributed by atoms with E-state index < -0.39 is 5.92 Å². The predicted molar refractivity (Wildman–Crippen MR) is 118 cm³/mol. The molecule has 166 valence electrons. The molecule has 1 heterocycles. The van der Waals surface area contributed by atoms with Gasteiger partial charge >= 0.3 is 0 Å². The summed E-state index contributed by atoms with van der Waals surface area (Å²) in [6, 6.07) is 18.2. The second-order valence-corrected chi connectivity index (χ2v) is 8.21. The lowest BCUT2D eigenvalue weighted by atomic mass is 9.90. The van der Waals surface area contributed by atoms with Gasteiger partial charge in [-0.1, -0.05) is 36.4 Å². The number of nitrogens with one attached hydrogen (secondary N) is 1. The Morgan fingerprint density at radius 3 is 1.88 bits per heavy atom. The number of likely N-dealkylation sites (tertiary alicyclic amines) is 1. The molecule has 32 heavy (non-hydrogen) atoms. The molecule has 1 atom stereocenters. The summed E-state index contributed by atoms with van der Waals surface area (Å²) in [7, 11) is 0. The second kappa shape index (κ2) is 10.0. The van der Waals surface area contributed by atoms with Crippen molar-refractivity contribution in [1.29, 1.82) is 0 Å². The van der Waals surface area contributed by atoms with E-state index in [0.29, 0.717) is 11.1 Å². The Labute approximate surface area is 185 Å².